The summed E-state index contributed by atoms with van der Waals surface area (Å²) in [5, 5.41) is 8.75. The van der Waals surface area contributed by atoms with Gasteiger partial charge in [-0.25, -0.2) is 0 Å². The number of rotatable bonds is 9. The van der Waals surface area contributed by atoms with E-state index in [-0.39, 0.29) is 29.8 Å². The van der Waals surface area contributed by atoms with E-state index in [0.29, 0.717) is 38.2 Å². The topological polar surface area (TPSA) is 87.5 Å². The number of nitrogens with one attached hydrogen (secondary N) is 2. The van der Waals surface area contributed by atoms with E-state index in [2.05, 4.69) is 29.7 Å². The minimum absolute atomic E-state index is 0.0168. The number of nitrogens with zero attached hydrogens (tertiary/aromatic N) is 1. The summed E-state index contributed by atoms with van der Waals surface area (Å²) in [6, 6.07) is 23.8. The minimum Gasteiger partial charge on any atom is -0.350 e. The zero-order chi connectivity index (χ0) is 24.6. The molecular formula is C29H36N4O2. The molecule has 3 aromatic carbocycles. The Kier molecular flexibility index (Phi) is 8.50. The number of nitrogens with two attached hydrogens (primary N) is 1. The Morgan fingerprint density at radius 2 is 1.83 bits per heavy atom. The lowest BCUT2D eigenvalue weighted by Crippen LogP contribution is -2.49. The third kappa shape index (κ3) is 6.47. The van der Waals surface area contributed by atoms with Crippen molar-refractivity contribution in [1.29, 1.82) is 0 Å². The van der Waals surface area contributed by atoms with Gasteiger partial charge in [0.2, 0.25) is 5.91 Å². The van der Waals surface area contributed by atoms with Crippen molar-refractivity contribution in [2.45, 2.75) is 44.2 Å². The van der Waals surface area contributed by atoms with E-state index in [0.717, 1.165) is 23.6 Å². The van der Waals surface area contributed by atoms with Crippen molar-refractivity contribution >= 4 is 22.6 Å². The van der Waals surface area contributed by atoms with Crippen molar-refractivity contribution in [3.8, 4) is 0 Å². The molecule has 1 saturated heterocycles. The van der Waals surface area contributed by atoms with Gasteiger partial charge in [-0.05, 0) is 60.2 Å². The monoisotopic (exact) mass is 472 g/mol. The van der Waals surface area contributed by atoms with E-state index >= 15 is 0 Å². The number of hydrogen-bond acceptors (Lipinski definition) is 4. The molecular weight excluding hydrogens is 436 g/mol. The van der Waals surface area contributed by atoms with Crippen LogP contribution >= 0.6 is 0 Å². The van der Waals surface area contributed by atoms with Crippen LogP contribution < -0.4 is 16.4 Å². The first-order chi connectivity index (χ1) is 17.0. The molecule has 0 aromatic heterocycles. The Hall–Kier alpha value is -3.22. The lowest BCUT2D eigenvalue weighted by atomic mass is 10.00. The average Bonchev–Trinajstić information content (AvgIpc) is 3.04. The van der Waals surface area contributed by atoms with Crippen LogP contribution in [0.25, 0.3) is 10.8 Å². The molecule has 4 rings (SSSR count). The highest BCUT2D eigenvalue weighted by Crippen LogP contribution is 2.20. The number of fused-ring (bicyclic) bond motifs is 1. The van der Waals surface area contributed by atoms with Crippen LogP contribution in [0.2, 0.25) is 0 Å². The Balaban J connectivity index is 1.40. The van der Waals surface area contributed by atoms with Gasteiger partial charge >= 0.3 is 0 Å². The van der Waals surface area contributed by atoms with E-state index < -0.39 is 0 Å². The number of benzene rings is 3. The van der Waals surface area contributed by atoms with Gasteiger partial charge in [-0.15, -0.1) is 0 Å². The number of carbonyl (C=O) groups excluding carboxylic acids is 2. The maximum atomic E-state index is 13.4. The van der Waals surface area contributed by atoms with Crippen LogP contribution in [0.4, 0.5) is 0 Å². The van der Waals surface area contributed by atoms with Crippen molar-refractivity contribution < 1.29 is 9.59 Å². The fourth-order valence-corrected chi connectivity index (χ4v) is 4.82. The van der Waals surface area contributed by atoms with Crippen molar-refractivity contribution in [2.24, 2.45) is 5.73 Å². The molecule has 0 spiro atoms. The zero-order valence-electron chi connectivity index (χ0n) is 20.5. The largest absolute Gasteiger partial charge is 0.350 e. The average molecular weight is 473 g/mol. The molecule has 35 heavy (non-hydrogen) atoms. The van der Waals surface area contributed by atoms with Crippen LogP contribution in [-0.4, -0.2) is 55.0 Å². The molecule has 1 unspecified atom stereocenters. The van der Waals surface area contributed by atoms with Crippen LogP contribution in [0, 0.1) is 0 Å². The van der Waals surface area contributed by atoms with Gasteiger partial charge < -0.3 is 21.3 Å². The number of carbonyl (C=O) groups is 2. The second-order valence-electron chi connectivity index (χ2n) is 9.50. The van der Waals surface area contributed by atoms with E-state index in [1.807, 2.05) is 65.6 Å². The molecule has 3 atom stereocenters. The summed E-state index contributed by atoms with van der Waals surface area (Å²) in [7, 11) is 0. The molecule has 4 N–H and O–H groups in total. The van der Waals surface area contributed by atoms with Gasteiger partial charge in [-0.3, -0.25) is 9.59 Å². The molecule has 1 fully saturated rings. The minimum atomic E-state index is -0.286. The Morgan fingerprint density at radius 3 is 2.60 bits per heavy atom. The first-order valence-electron chi connectivity index (χ1n) is 12.6. The van der Waals surface area contributed by atoms with Gasteiger partial charge in [-0.2, -0.15) is 0 Å². The summed E-state index contributed by atoms with van der Waals surface area (Å²) in [5.41, 5.74) is 7.63. The Bertz CT molecular complexity index is 1130. The molecule has 2 amide bonds. The molecule has 1 aliphatic rings. The van der Waals surface area contributed by atoms with E-state index in [1.165, 1.54) is 5.56 Å². The second kappa shape index (κ2) is 12.0. The van der Waals surface area contributed by atoms with Crippen LogP contribution in [0.1, 0.15) is 48.0 Å². The molecule has 0 saturated carbocycles. The van der Waals surface area contributed by atoms with Gasteiger partial charge in [0.1, 0.15) is 0 Å². The van der Waals surface area contributed by atoms with Crippen molar-refractivity contribution in [1.82, 2.24) is 15.5 Å². The summed E-state index contributed by atoms with van der Waals surface area (Å²) in [4.78, 5) is 28.2. The molecule has 6 heteroatoms. The third-order valence-corrected chi connectivity index (χ3v) is 6.87. The van der Waals surface area contributed by atoms with Crippen LogP contribution in [0.15, 0.2) is 72.8 Å². The molecule has 184 valence electrons. The van der Waals surface area contributed by atoms with E-state index in [4.69, 9.17) is 5.73 Å². The molecule has 0 aliphatic carbocycles. The highest BCUT2D eigenvalue weighted by molar-refractivity contribution is 5.98. The third-order valence-electron chi connectivity index (χ3n) is 6.87. The second-order valence-corrected chi connectivity index (χ2v) is 9.50. The molecule has 3 aromatic rings. The standard InChI is InChI=1S/C29H36N4O2/c1-21(22-8-3-2-4-9-22)20-33-17-15-26(32-27(29(33)35)12-7-16-30)19-31-28(34)25-14-13-23-10-5-6-11-24(23)18-25/h2-6,8-11,13-14,18,21,26-27,32H,7,12,15-17,19-20,30H2,1H3,(H,31,34)/t21?,26-,27-/m0/s1. The Labute approximate surface area is 207 Å². The maximum Gasteiger partial charge on any atom is 0.251 e. The van der Waals surface area contributed by atoms with Crippen LogP contribution in [0.5, 0.6) is 0 Å². The summed E-state index contributed by atoms with van der Waals surface area (Å²) in [6.07, 6.45) is 2.26. The first-order valence-corrected chi connectivity index (χ1v) is 12.6. The predicted molar refractivity (Wildman–Crippen MR) is 141 cm³/mol. The lowest BCUT2D eigenvalue weighted by Gasteiger charge is -2.27. The van der Waals surface area contributed by atoms with Crippen LogP contribution in [0.3, 0.4) is 0 Å². The molecule has 0 radical (unpaired) electrons. The normalized spacial score (nSPS) is 19.4. The number of amides is 2. The van der Waals surface area contributed by atoms with Gasteiger partial charge in [0.15, 0.2) is 0 Å². The lowest BCUT2D eigenvalue weighted by molar-refractivity contribution is -0.133. The zero-order valence-corrected chi connectivity index (χ0v) is 20.5. The summed E-state index contributed by atoms with van der Waals surface area (Å²) >= 11 is 0. The van der Waals surface area contributed by atoms with Gasteiger partial charge in [0, 0.05) is 31.2 Å². The first kappa shape index (κ1) is 24.9. The van der Waals surface area contributed by atoms with Crippen molar-refractivity contribution in [2.75, 3.05) is 26.2 Å². The predicted octanol–water partition coefficient (Wildman–Crippen LogP) is 3.67. The molecule has 0 bridgehead atoms. The van der Waals surface area contributed by atoms with Gasteiger partial charge in [0.25, 0.3) is 5.91 Å². The highest BCUT2D eigenvalue weighted by Gasteiger charge is 2.31. The van der Waals surface area contributed by atoms with Crippen molar-refractivity contribution in [3.63, 3.8) is 0 Å². The maximum absolute atomic E-state index is 13.4. The summed E-state index contributed by atoms with van der Waals surface area (Å²) in [6.45, 7) is 4.53. The molecule has 6 nitrogen and oxygen atoms in total. The SMILES string of the molecule is CC(CN1CC[C@@H](CNC(=O)c2ccc3ccccc3c2)N[C@@H](CCCN)C1=O)c1ccccc1. The van der Waals surface area contributed by atoms with Gasteiger partial charge in [0.05, 0.1) is 6.04 Å². The van der Waals surface area contributed by atoms with Crippen molar-refractivity contribution in [3.05, 3.63) is 83.9 Å². The fourth-order valence-electron chi connectivity index (χ4n) is 4.82. The smallest absolute Gasteiger partial charge is 0.251 e. The molecule has 1 aliphatic heterocycles. The van der Waals surface area contributed by atoms with E-state index in [9.17, 15) is 9.59 Å². The molecule has 1 heterocycles. The fraction of sp³-hybridized carbons (Fsp3) is 0.379. The highest BCUT2D eigenvalue weighted by atomic mass is 16.2. The summed E-state index contributed by atoms with van der Waals surface area (Å²) < 4.78 is 0. The quantitative estimate of drug-likeness (QED) is 0.443. The van der Waals surface area contributed by atoms with E-state index in [1.54, 1.807) is 0 Å². The van der Waals surface area contributed by atoms with Crippen LogP contribution in [-0.2, 0) is 4.79 Å². The number of hydrogen-bond donors (Lipinski definition) is 3. The Morgan fingerprint density at radius 1 is 1.09 bits per heavy atom. The van der Waals surface area contributed by atoms with Gasteiger partial charge in [-0.1, -0.05) is 67.6 Å². The summed E-state index contributed by atoms with van der Waals surface area (Å²) in [5.74, 6) is 0.283.